The second-order valence-electron chi connectivity index (χ2n) is 6.00. The monoisotopic (exact) mass is 282 g/mol. The summed E-state index contributed by atoms with van der Waals surface area (Å²) in [6, 6.07) is 0. The quantitative estimate of drug-likeness (QED) is 0.716. The summed E-state index contributed by atoms with van der Waals surface area (Å²) in [5.74, 6) is 0.179. The fraction of sp³-hybridized carbons (Fsp3) is 0.882. The summed E-state index contributed by atoms with van der Waals surface area (Å²) in [5.41, 5.74) is 0. The fourth-order valence-corrected chi connectivity index (χ4v) is 3.02. The van der Waals surface area contributed by atoms with Crippen molar-refractivity contribution in [2.45, 2.75) is 83.5 Å². The Hall–Kier alpha value is -0.860. The first-order valence-corrected chi connectivity index (χ1v) is 8.33. The predicted octanol–water partition coefficient (Wildman–Crippen LogP) is 4.43. The van der Waals surface area contributed by atoms with Gasteiger partial charge < -0.3 is 4.74 Å². The normalized spacial score (nSPS) is 19.6. The summed E-state index contributed by atoms with van der Waals surface area (Å²) >= 11 is 0. The van der Waals surface area contributed by atoms with Gasteiger partial charge in [-0.25, -0.2) is 0 Å². The number of hydrogen-bond donors (Lipinski definition) is 0. The van der Waals surface area contributed by atoms with Crippen molar-refractivity contribution in [3.05, 3.63) is 0 Å². The third-order valence-corrected chi connectivity index (χ3v) is 4.36. The third kappa shape index (κ3) is 7.66. The molecule has 0 aliphatic heterocycles. The van der Waals surface area contributed by atoms with Gasteiger partial charge in [0.2, 0.25) is 0 Å². The SMILES string of the molecule is COC(=O)CCC(=O)C1CCCCCCCCCCC1. The van der Waals surface area contributed by atoms with Crippen molar-refractivity contribution in [3.8, 4) is 0 Å². The summed E-state index contributed by atoms with van der Waals surface area (Å²) in [5, 5.41) is 0. The van der Waals surface area contributed by atoms with Crippen molar-refractivity contribution >= 4 is 11.8 Å². The van der Waals surface area contributed by atoms with E-state index in [2.05, 4.69) is 4.74 Å². The van der Waals surface area contributed by atoms with E-state index in [1.807, 2.05) is 0 Å². The van der Waals surface area contributed by atoms with Crippen LogP contribution in [0.2, 0.25) is 0 Å². The Kier molecular flexibility index (Phi) is 9.35. The molecule has 3 heteroatoms. The highest BCUT2D eigenvalue weighted by atomic mass is 16.5. The van der Waals surface area contributed by atoms with Crippen molar-refractivity contribution in [2.24, 2.45) is 5.92 Å². The Morgan fingerprint density at radius 2 is 1.25 bits per heavy atom. The summed E-state index contributed by atoms with van der Waals surface area (Å²) in [6.45, 7) is 0. The van der Waals surface area contributed by atoms with E-state index in [9.17, 15) is 9.59 Å². The van der Waals surface area contributed by atoms with Crippen LogP contribution < -0.4 is 0 Å². The molecule has 1 saturated carbocycles. The van der Waals surface area contributed by atoms with Gasteiger partial charge in [-0.1, -0.05) is 57.8 Å². The van der Waals surface area contributed by atoms with Gasteiger partial charge >= 0.3 is 5.97 Å². The lowest BCUT2D eigenvalue weighted by molar-refractivity contribution is -0.142. The van der Waals surface area contributed by atoms with Gasteiger partial charge in [0.25, 0.3) is 0 Å². The molecule has 3 nitrogen and oxygen atoms in total. The molecule has 0 aromatic carbocycles. The minimum Gasteiger partial charge on any atom is -0.469 e. The molecule has 0 amide bonds. The molecule has 1 aliphatic carbocycles. The molecule has 1 aliphatic rings. The molecule has 20 heavy (non-hydrogen) atoms. The number of ketones is 1. The number of hydrogen-bond acceptors (Lipinski definition) is 3. The average molecular weight is 282 g/mol. The van der Waals surface area contributed by atoms with Gasteiger partial charge in [0.05, 0.1) is 13.5 Å². The Balaban J connectivity index is 2.36. The molecule has 1 fully saturated rings. The van der Waals surface area contributed by atoms with Crippen molar-refractivity contribution in [3.63, 3.8) is 0 Å². The number of carbonyl (C=O) groups excluding carboxylic acids is 2. The van der Waals surface area contributed by atoms with Crippen LogP contribution in [0.25, 0.3) is 0 Å². The number of ether oxygens (including phenoxy) is 1. The predicted molar refractivity (Wildman–Crippen MR) is 80.5 cm³/mol. The summed E-state index contributed by atoms with van der Waals surface area (Å²) < 4.78 is 4.61. The zero-order valence-electron chi connectivity index (χ0n) is 13.0. The number of methoxy groups -OCH3 is 1. The van der Waals surface area contributed by atoms with E-state index < -0.39 is 0 Å². The molecule has 0 heterocycles. The van der Waals surface area contributed by atoms with E-state index in [1.165, 1.54) is 52.1 Å². The first-order valence-electron chi connectivity index (χ1n) is 8.33. The lowest BCUT2D eigenvalue weighted by atomic mass is 9.88. The smallest absolute Gasteiger partial charge is 0.305 e. The molecule has 116 valence electrons. The maximum absolute atomic E-state index is 12.2. The van der Waals surface area contributed by atoms with Crippen LogP contribution in [-0.4, -0.2) is 18.9 Å². The highest BCUT2D eigenvalue weighted by Gasteiger charge is 2.19. The van der Waals surface area contributed by atoms with Gasteiger partial charge in [-0.05, 0) is 12.8 Å². The molecule has 0 atom stereocenters. The Bertz CT molecular complexity index is 274. The molecule has 1 rings (SSSR count). The molecule has 0 spiro atoms. The summed E-state index contributed by atoms with van der Waals surface area (Å²) in [4.78, 5) is 23.4. The molecular formula is C17H30O3. The maximum Gasteiger partial charge on any atom is 0.305 e. The number of Topliss-reactive ketones (excluding diaryl/α,β-unsaturated/α-hetero) is 1. The first-order chi connectivity index (χ1) is 9.74. The van der Waals surface area contributed by atoms with Crippen molar-refractivity contribution < 1.29 is 14.3 Å². The summed E-state index contributed by atoms with van der Waals surface area (Å²) in [7, 11) is 1.38. The maximum atomic E-state index is 12.2. The summed E-state index contributed by atoms with van der Waals surface area (Å²) in [6.07, 6.45) is 14.1. The van der Waals surface area contributed by atoms with Gasteiger partial charge in [0.15, 0.2) is 0 Å². The standard InChI is InChI=1S/C17H30O3/c1-20-17(19)14-13-16(18)15-11-9-7-5-3-2-4-6-8-10-12-15/h15H,2-14H2,1H3. The largest absolute Gasteiger partial charge is 0.469 e. The van der Waals surface area contributed by atoms with Crippen molar-refractivity contribution in [1.82, 2.24) is 0 Å². The average Bonchev–Trinajstić information content (AvgIpc) is 2.45. The third-order valence-electron chi connectivity index (χ3n) is 4.36. The van der Waals surface area contributed by atoms with Gasteiger partial charge in [-0.15, -0.1) is 0 Å². The first kappa shape index (κ1) is 17.2. The van der Waals surface area contributed by atoms with E-state index in [0.717, 1.165) is 25.7 Å². The zero-order chi connectivity index (χ0) is 14.6. The van der Waals surface area contributed by atoms with Crippen LogP contribution in [0, 0.1) is 5.92 Å². The van der Waals surface area contributed by atoms with Gasteiger partial charge in [0.1, 0.15) is 5.78 Å². The minimum absolute atomic E-state index is 0.180. The van der Waals surface area contributed by atoms with Crippen LogP contribution in [0.4, 0.5) is 0 Å². The number of esters is 1. The van der Waals surface area contributed by atoms with Gasteiger partial charge in [0, 0.05) is 12.3 Å². The van der Waals surface area contributed by atoms with E-state index in [1.54, 1.807) is 0 Å². The molecule has 0 N–H and O–H groups in total. The number of carbonyl (C=O) groups is 2. The molecule has 0 radical (unpaired) electrons. The molecular weight excluding hydrogens is 252 g/mol. The Morgan fingerprint density at radius 1 is 0.800 bits per heavy atom. The van der Waals surface area contributed by atoms with Crippen LogP contribution in [0.5, 0.6) is 0 Å². The highest BCUT2D eigenvalue weighted by Crippen LogP contribution is 2.23. The topological polar surface area (TPSA) is 43.4 Å². The lowest BCUT2D eigenvalue weighted by Gasteiger charge is -2.16. The minimum atomic E-state index is -0.272. The second kappa shape index (κ2) is 10.9. The van der Waals surface area contributed by atoms with Crippen LogP contribution in [0.1, 0.15) is 83.5 Å². The molecule has 0 saturated heterocycles. The zero-order valence-corrected chi connectivity index (χ0v) is 13.0. The second-order valence-corrected chi connectivity index (χ2v) is 6.00. The van der Waals surface area contributed by atoms with E-state index in [0.29, 0.717) is 6.42 Å². The molecule has 0 unspecified atom stereocenters. The van der Waals surface area contributed by atoms with Crippen LogP contribution in [0.15, 0.2) is 0 Å². The van der Waals surface area contributed by atoms with Gasteiger partial charge in [-0.2, -0.15) is 0 Å². The lowest BCUT2D eigenvalue weighted by Crippen LogP contribution is -2.16. The van der Waals surface area contributed by atoms with Crippen LogP contribution in [-0.2, 0) is 14.3 Å². The van der Waals surface area contributed by atoms with E-state index >= 15 is 0 Å². The number of rotatable bonds is 4. The van der Waals surface area contributed by atoms with Crippen molar-refractivity contribution in [2.75, 3.05) is 7.11 Å². The molecule has 0 bridgehead atoms. The van der Waals surface area contributed by atoms with E-state index in [-0.39, 0.29) is 24.1 Å². The molecule has 0 aromatic rings. The Labute approximate surface area is 123 Å². The van der Waals surface area contributed by atoms with E-state index in [4.69, 9.17) is 0 Å². The fourth-order valence-electron chi connectivity index (χ4n) is 3.02. The molecule has 0 aromatic heterocycles. The highest BCUT2D eigenvalue weighted by molar-refractivity contribution is 5.84. The van der Waals surface area contributed by atoms with Gasteiger partial charge in [-0.3, -0.25) is 9.59 Å². The van der Waals surface area contributed by atoms with Crippen LogP contribution in [0.3, 0.4) is 0 Å². The Morgan fingerprint density at radius 3 is 1.70 bits per heavy atom. The van der Waals surface area contributed by atoms with Crippen LogP contribution >= 0.6 is 0 Å². The van der Waals surface area contributed by atoms with Crippen molar-refractivity contribution in [1.29, 1.82) is 0 Å².